The van der Waals surface area contributed by atoms with Gasteiger partial charge in [-0.3, -0.25) is 38.4 Å². The Kier molecular flexibility index (Phi) is 16.1. The molecule has 0 aromatic rings. The Balaban J connectivity index is 5.68. The monoisotopic (exact) mass is 575 g/mol. The summed E-state index contributed by atoms with van der Waals surface area (Å²) in [6, 6.07) is -5.50. The summed E-state index contributed by atoms with van der Waals surface area (Å²) < 4.78 is 0. The van der Waals surface area contributed by atoms with Gasteiger partial charge in [0.2, 0.25) is 35.4 Å². The van der Waals surface area contributed by atoms with Crippen molar-refractivity contribution >= 4 is 47.4 Å². The number of amides is 6. The minimum atomic E-state index is -1.50. The van der Waals surface area contributed by atoms with E-state index in [1.54, 1.807) is 13.8 Å². The van der Waals surface area contributed by atoms with Crippen LogP contribution >= 0.6 is 0 Å². The van der Waals surface area contributed by atoms with Crippen LogP contribution in [0.2, 0.25) is 0 Å². The Morgan fingerprint density at radius 3 is 1.73 bits per heavy atom. The lowest BCUT2D eigenvalue weighted by atomic mass is 10.0. The minimum absolute atomic E-state index is 0.330. The number of primary amides is 1. The first-order valence-electron chi connectivity index (χ1n) is 12.1. The maximum absolute atomic E-state index is 13.0. The summed E-state index contributed by atoms with van der Waals surface area (Å²) in [6.45, 7) is 1.05. The zero-order valence-electron chi connectivity index (χ0n) is 22.1. The predicted molar refractivity (Wildman–Crippen MR) is 135 cm³/mol. The molecule has 0 bridgehead atoms. The van der Waals surface area contributed by atoms with Crippen molar-refractivity contribution in [2.45, 2.75) is 63.7 Å². The number of aliphatic hydroxyl groups excluding tert-OH is 1. The second-order valence-electron chi connectivity index (χ2n) is 8.97. The number of rotatable bonds is 19. The van der Waals surface area contributed by atoms with Crippen molar-refractivity contribution in [3.05, 3.63) is 0 Å². The Bertz CT molecular complexity index is 957. The highest BCUT2D eigenvalue weighted by Gasteiger charge is 2.31. The van der Waals surface area contributed by atoms with Gasteiger partial charge in [-0.05, 0) is 18.8 Å². The molecule has 4 atom stereocenters. The van der Waals surface area contributed by atoms with Crippen molar-refractivity contribution in [2.24, 2.45) is 17.4 Å². The van der Waals surface area contributed by atoms with Gasteiger partial charge in [0.1, 0.15) is 30.7 Å². The molecule has 0 fully saturated rings. The number of aliphatic carboxylic acids is 2. The quantitative estimate of drug-likeness (QED) is 0.0691. The number of carboxylic acid groups (broad SMARTS) is 2. The van der Waals surface area contributed by atoms with E-state index in [2.05, 4.69) is 26.6 Å². The average molecular weight is 576 g/mol. The van der Waals surface area contributed by atoms with E-state index < -0.39 is 110 Å². The molecule has 0 unspecified atom stereocenters. The number of carbonyl (C=O) groups excluding carboxylic acids is 6. The molecule has 0 spiro atoms. The fourth-order valence-corrected chi connectivity index (χ4v) is 3.05. The molecular formula is C22H37N7O11. The number of nitrogens with one attached hydrogen (secondary N) is 5. The van der Waals surface area contributed by atoms with Gasteiger partial charge in [0.25, 0.3) is 0 Å². The molecule has 0 heterocycles. The van der Waals surface area contributed by atoms with Crippen molar-refractivity contribution < 1.29 is 53.7 Å². The number of hydrogen-bond acceptors (Lipinski definition) is 10. The average Bonchev–Trinajstić information content (AvgIpc) is 2.87. The molecule has 0 aliphatic carbocycles. The van der Waals surface area contributed by atoms with Gasteiger partial charge in [0, 0.05) is 12.8 Å². The Labute approximate surface area is 229 Å². The topological polar surface area (TPSA) is 309 Å². The van der Waals surface area contributed by atoms with Crippen LogP contribution in [0.3, 0.4) is 0 Å². The summed E-state index contributed by atoms with van der Waals surface area (Å²) >= 11 is 0. The van der Waals surface area contributed by atoms with E-state index in [0.717, 1.165) is 0 Å². The summed E-state index contributed by atoms with van der Waals surface area (Å²) in [5.74, 6) is -8.53. The number of carbonyl (C=O) groups is 8. The van der Waals surface area contributed by atoms with E-state index >= 15 is 0 Å². The van der Waals surface area contributed by atoms with Gasteiger partial charge >= 0.3 is 11.9 Å². The molecule has 0 aromatic carbocycles. The first-order valence-corrected chi connectivity index (χ1v) is 12.1. The van der Waals surface area contributed by atoms with Crippen LogP contribution in [0.1, 0.15) is 39.5 Å². The van der Waals surface area contributed by atoms with Crippen LogP contribution < -0.4 is 38.1 Å². The minimum Gasteiger partial charge on any atom is -0.481 e. The molecule has 0 saturated heterocycles. The molecule has 0 aliphatic heterocycles. The van der Waals surface area contributed by atoms with E-state index in [0.29, 0.717) is 0 Å². The maximum Gasteiger partial charge on any atom is 0.322 e. The van der Waals surface area contributed by atoms with Gasteiger partial charge in [-0.2, -0.15) is 0 Å². The Hall–Kier alpha value is -4.32. The molecule has 40 heavy (non-hydrogen) atoms. The summed E-state index contributed by atoms with van der Waals surface area (Å²) in [7, 11) is 0. The number of carboxylic acids is 2. The van der Waals surface area contributed by atoms with Gasteiger partial charge in [-0.15, -0.1) is 0 Å². The van der Waals surface area contributed by atoms with Crippen LogP contribution in [-0.2, 0) is 38.4 Å². The van der Waals surface area contributed by atoms with Crippen molar-refractivity contribution in [3.63, 3.8) is 0 Å². The van der Waals surface area contributed by atoms with Gasteiger partial charge < -0.3 is 53.4 Å². The largest absolute Gasteiger partial charge is 0.481 e. The first-order chi connectivity index (χ1) is 18.6. The highest BCUT2D eigenvalue weighted by Crippen LogP contribution is 2.07. The normalized spacial score (nSPS) is 13.6. The summed E-state index contributed by atoms with van der Waals surface area (Å²) in [5.41, 5.74) is 10.5. The molecule has 0 aromatic heterocycles. The molecule has 6 amide bonds. The van der Waals surface area contributed by atoms with Crippen LogP contribution in [0.4, 0.5) is 0 Å². The highest BCUT2D eigenvalue weighted by atomic mass is 16.4. The van der Waals surface area contributed by atoms with Crippen molar-refractivity contribution in [1.82, 2.24) is 26.6 Å². The van der Waals surface area contributed by atoms with E-state index in [-0.39, 0.29) is 12.8 Å². The molecule has 0 radical (unpaired) electrons. The zero-order chi connectivity index (χ0) is 31.0. The second-order valence-corrected chi connectivity index (χ2v) is 8.97. The number of aliphatic hydroxyl groups is 1. The maximum atomic E-state index is 13.0. The Morgan fingerprint density at radius 1 is 0.700 bits per heavy atom. The molecule has 0 rings (SSSR count). The van der Waals surface area contributed by atoms with Crippen molar-refractivity contribution in [1.29, 1.82) is 0 Å². The van der Waals surface area contributed by atoms with E-state index in [4.69, 9.17) is 26.8 Å². The molecule has 0 saturated carbocycles. The number of hydrogen-bond donors (Lipinski definition) is 10. The van der Waals surface area contributed by atoms with Crippen LogP contribution in [0.5, 0.6) is 0 Å². The second kappa shape index (κ2) is 18.1. The fraction of sp³-hybridized carbons (Fsp3) is 0.636. The lowest BCUT2D eigenvalue weighted by Crippen LogP contribution is -2.58. The third kappa shape index (κ3) is 14.6. The summed E-state index contributed by atoms with van der Waals surface area (Å²) in [5, 5.41) is 37.8. The third-order valence-corrected chi connectivity index (χ3v) is 5.23. The van der Waals surface area contributed by atoms with E-state index in [1.807, 2.05) is 0 Å². The van der Waals surface area contributed by atoms with Crippen LogP contribution in [0, 0.1) is 5.92 Å². The molecule has 18 heteroatoms. The van der Waals surface area contributed by atoms with Crippen molar-refractivity contribution in [2.75, 3.05) is 19.7 Å². The first kappa shape index (κ1) is 35.7. The molecular weight excluding hydrogens is 538 g/mol. The predicted octanol–water partition coefficient (Wildman–Crippen LogP) is -5.14. The van der Waals surface area contributed by atoms with Gasteiger partial charge in [0.15, 0.2) is 0 Å². The standard InChI is InChI=1S/C22H37N7O11/c1-10(2)18(22(40)26-8-17(35)36)29-21(39)13(3-5-14(24)31)28-20(38)12(4-6-16(33)34)27-15(32)7-25-19(37)11(23)9-30/h10-13,18,30H,3-9,23H2,1-2H3,(H2,24,31)(H,25,37)(H,26,40)(H,27,32)(H,28,38)(H,29,39)(H,33,34)(H,35,36)/t11-,12-,13-,18-/m0/s1. The summed E-state index contributed by atoms with van der Waals surface area (Å²) in [4.78, 5) is 95.4. The molecule has 18 nitrogen and oxygen atoms in total. The Morgan fingerprint density at radius 2 is 1.23 bits per heavy atom. The molecule has 0 aliphatic rings. The van der Waals surface area contributed by atoms with Gasteiger partial charge in [-0.1, -0.05) is 13.8 Å². The SMILES string of the molecule is CC(C)[C@H](NC(=O)[C@H](CCC(N)=O)NC(=O)[C@H](CCC(=O)O)NC(=O)CNC(=O)[C@@H](N)CO)C(=O)NCC(=O)O. The fourth-order valence-electron chi connectivity index (χ4n) is 3.05. The van der Waals surface area contributed by atoms with Gasteiger partial charge in [0.05, 0.1) is 13.2 Å². The molecule has 12 N–H and O–H groups in total. The van der Waals surface area contributed by atoms with Crippen LogP contribution in [0.15, 0.2) is 0 Å². The lowest BCUT2D eigenvalue weighted by Gasteiger charge is -2.26. The smallest absolute Gasteiger partial charge is 0.322 e. The third-order valence-electron chi connectivity index (χ3n) is 5.23. The highest BCUT2D eigenvalue weighted by molar-refractivity contribution is 5.95. The molecule has 226 valence electrons. The van der Waals surface area contributed by atoms with Gasteiger partial charge in [-0.25, -0.2) is 0 Å². The van der Waals surface area contributed by atoms with Crippen LogP contribution in [-0.4, -0.2) is 107 Å². The number of nitrogens with two attached hydrogens (primary N) is 2. The zero-order valence-corrected chi connectivity index (χ0v) is 22.1. The lowest BCUT2D eigenvalue weighted by molar-refractivity contribution is -0.139. The van der Waals surface area contributed by atoms with E-state index in [1.165, 1.54) is 0 Å². The van der Waals surface area contributed by atoms with Crippen molar-refractivity contribution in [3.8, 4) is 0 Å². The van der Waals surface area contributed by atoms with E-state index in [9.17, 15) is 38.4 Å². The summed E-state index contributed by atoms with van der Waals surface area (Å²) in [6.07, 6.45) is -1.70. The van der Waals surface area contributed by atoms with Crippen LogP contribution in [0.25, 0.3) is 0 Å².